The van der Waals surface area contributed by atoms with Crippen LogP contribution >= 0.6 is 0 Å². The summed E-state index contributed by atoms with van der Waals surface area (Å²) in [6.45, 7) is 0.224. The van der Waals surface area contributed by atoms with E-state index in [-0.39, 0.29) is 34.0 Å². The van der Waals surface area contributed by atoms with E-state index in [9.17, 15) is 31.6 Å². The van der Waals surface area contributed by atoms with Gasteiger partial charge in [-0.3, -0.25) is 9.59 Å². The molecule has 11 nitrogen and oxygen atoms in total. The Kier molecular flexibility index (Phi) is 9.42. The highest BCUT2D eigenvalue weighted by Crippen LogP contribution is 2.39. The van der Waals surface area contributed by atoms with E-state index in [1.807, 2.05) is 0 Å². The number of nitrogens with two attached hydrogens (primary N) is 1. The van der Waals surface area contributed by atoms with Crippen molar-refractivity contribution in [3.05, 3.63) is 82.9 Å². The van der Waals surface area contributed by atoms with Crippen LogP contribution in [-0.4, -0.2) is 70.1 Å². The first kappa shape index (κ1) is 32.2. The van der Waals surface area contributed by atoms with Crippen molar-refractivity contribution in [2.45, 2.75) is 29.8 Å². The first-order valence-corrected chi connectivity index (χ1v) is 15.4. The van der Waals surface area contributed by atoms with Crippen molar-refractivity contribution in [1.82, 2.24) is 9.80 Å². The lowest BCUT2D eigenvalue weighted by atomic mass is 10.0. The molecular formula is C30H33F2N5O6S. The molecule has 14 heteroatoms. The lowest BCUT2D eigenvalue weighted by molar-refractivity contribution is -0.133. The van der Waals surface area contributed by atoms with Gasteiger partial charge in [-0.2, -0.15) is 0 Å². The van der Waals surface area contributed by atoms with E-state index in [1.165, 1.54) is 59.4 Å². The number of anilines is 2. The van der Waals surface area contributed by atoms with Crippen LogP contribution in [0.25, 0.3) is 0 Å². The molecule has 4 amide bonds. The van der Waals surface area contributed by atoms with Crippen molar-refractivity contribution in [2.24, 2.45) is 5.73 Å². The Morgan fingerprint density at radius 3 is 2.39 bits per heavy atom. The number of halogens is 2. The summed E-state index contributed by atoms with van der Waals surface area (Å²) in [5, 5.41) is 5.54. The molecule has 1 fully saturated rings. The molecule has 0 bridgehead atoms. The van der Waals surface area contributed by atoms with Crippen LogP contribution in [0.1, 0.15) is 46.4 Å². The van der Waals surface area contributed by atoms with Gasteiger partial charge in [0.2, 0.25) is 11.8 Å². The van der Waals surface area contributed by atoms with Crippen molar-refractivity contribution in [1.29, 1.82) is 0 Å². The number of methoxy groups -OCH3 is 1. The van der Waals surface area contributed by atoms with Gasteiger partial charge in [0, 0.05) is 38.1 Å². The number of benzene rings is 3. The van der Waals surface area contributed by atoms with Crippen LogP contribution in [0.5, 0.6) is 5.75 Å². The average Bonchev–Trinajstić information content (AvgIpc) is 3.46. The second-order valence-electron chi connectivity index (χ2n) is 10.6. The van der Waals surface area contributed by atoms with E-state index >= 15 is 0 Å². The Morgan fingerprint density at radius 2 is 1.75 bits per heavy atom. The van der Waals surface area contributed by atoms with E-state index in [0.717, 1.165) is 18.4 Å². The number of amides is 4. The minimum atomic E-state index is -3.76. The van der Waals surface area contributed by atoms with Crippen LogP contribution < -0.4 is 21.1 Å². The zero-order valence-electron chi connectivity index (χ0n) is 24.6. The first-order valence-electron chi connectivity index (χ1n) is 13.5. The fourth-order valence-electron chi connectivity index (χ4n) is 5.07. The molecule has 1 aliphatic rings. The monoisotopic (exact) mass is 629 g/mol. The number of urea groups is 1. The molecule has 1 heterocycles. The summed E-state index contributed by atoms with van der Waals surface area (Å²) in [5.41, 5.74) is 6.01. The molecule has 0 saturated carbocycles. The molecule has 4 rings (SSSR count). The molecule has 2 atom stereocenters. The number of carbonyl (C=O) groups excluding carboxylic acids is 3. The third kappa shape index (κ3) is 6.91. The molecule has 0 aromatic heterocycles. The fourth-order valence-corrected chi connectivity index (χ4v) is 6.01. The number of likely N-dealkylation sites (tertiary alicyclic amines) is 1. The second-order valence-corrected chi connectivity index (χ2v) is 12.6. The third-order valence-corrected chi connectivity index (χ3v) is 8.44. The van der Waals surface area contributed by atoms with Crippen LogP contribution in [0, 0.1) is 11.6 Å². The maximum Gasteiger partial charge on any atom is 0.321 e. The predicted molar refractivity (Wildman–Crippen MR) is 160 cm³/mol. The fraction of sp³-hybridized carbons (Fsp3) is 0.300. The minimum Gasteiger partial charge on any atom is -0.494 e. The lowest BCUT2D eigenvalue weighted by Crippen LogP contribution is -2.38. The zero-order chi connectivity index (χ0) is 32.3. The van der Waals surface area contributed by atoms with Gasteiger partial charge in [0.1, 0.15) is 11.9 Å². The molecule has 3 aromatic carbocycles. The van der Waals surface area contributed by atoms with Crippen LogP contribution in [0.3, 0.4) is 0 Å². The first-order chi connectivity index (χ1) is 20.7. The molecule has 0 spiro atoms. The number of rotatable bonds is 9. The molecule has 3 aromatic rings. The highest BCUT2D eigenvalue weighted by atomic mass is 32.2. The van der Waals surface area contributed by atoms with Gasteiger partial charge in [-0.05, 0) is 72.5 Å². The predicted octanol–water partition coefficient (Wildman–Crippen LogP) is 4.09. The highest BCUT2D eigenvalue weighted by Gasteiger charge is 2.37. The lowest BCUT2D eigenvalue weighted by Gasteiger charge is -2.31. The molecule has 0 radical (unpaired) electrons. The number of nitrogens with zero attached hydrogens (tertiary/aromatic N) is 2. The maximum absolute atomic E-state index is 15.0. The molecule has 4 N–H and O–H groups in total. The molecule has 44 heavy (non-hydrogen) atoms. The summed E-state index contributed by atoms with van der Waals surface area (Å²) >= 11 is 0. The van der Waals surface area contributed by atoms with E-state index in [1.54, 1.807) is 14.1 Å². The third-order valence-electron chi connectivity index (χ3n) is 7.27. The Bertz CT molecular complexity index is 1720. The van der Waals surface area contributed by atoms with E-state index < -0.39 is 51.4 Å². The number of sulfone groups is 1. The Balaban J connectivity index is 1.81. The smallest absolute Gasteiger partial charge is 0.321 e. The average molecular weight is 630 g/mol. The van der Waals surface area contributed by atoms with Gasteiger partial charge in [0.05, 0.1) is 23.7 Å². The second kappa shape index (κ2) is 12.9. The summed E-state index contributed by atoms with van der Waals surface area (Å²) < 4.78 is 60.0. The van der Waals surface area contributed by atoms with E-state index in [0.29, 0.717) is 24.1 Å². The van der Waals surface area contributed by atoms with Crippen molar-refractivity contribution in [3.63, 3.8) is 0 Å². The van der Waals surface area contributed by atoms with Crippen LogP contribution in [-0.2, 0) is 14.6 Å². The van der Waals surface area contributed by atoms with Gasteiger partial charge in [-0.15, -0.1) is 0 Å². The summed E-state index contributed by atoms with van der Waals surface area (Å²) in [7, 11) is 0.602. The summed E-state index contributed by atoms with van der Waals surface area (Å²) in [4.78, 5) is 41.2. The molecule has 0 unspecified atom stereocenters. The topological polar surface area (TPSA) is 151 Å². The summed E-state index contributed by atoms with van der Waals surface area (Å²) in [5.74, 6) is -3.00. The van der Waals surface area contributed by atoms with Gasteiger partial charge in [-0.1, -0.05) is 6.07 Å². The number of hydrogen-bond donors (Lipinski definition) is 3. The van der Waals surface area contributed by atoms with Crippen LogP contribution in [0.2, 0.25) is 0 Å². The molecule has 1 saturated heterocycles. The van der Waals surface area contributed by atoms with Gasteiger partial charge in [0.25, 0.3) is 0 Å². The highest BCUT2D eigenvalue weighted by molar-refractivity contribution is 7.90. The number of nitrogens with one attached hydrogen (secondary N) is 2. The number of hydrogen-bond acceptors (Lipinski definition) is 7. The van der Waals surface area contributed by atoms with Gasteiger partial charge in [0.15, 0.2) is 21.4 Å². The summed E-state index contributed by atoms with van der Waals surface area (Å²) in [6.07, 6.45) is 1.96. The van der Waals surface area contributed by atoms with Crippen molar-refractivity contribution < 1.29 is 36.3 Å². The van der Waals surface area contributed by atoms with Gasteiger partial charge >= 0.3 is 6.03 Å². The zero-order valence-corrected chi connectivity index (χ0v) is 25.4. The standard InChI is InChI=1S/C30H33F2N5O6S/c1-36(2)30(40)34-19-9-12-26(44(4,41)42)20(16-19)24-6-5-13-37(24)29(39)27(17-7-11-22(32)25(15-17)43-3)35-23-14-18(28(33)38)8-10-21(23)31/h7-12,14-16,24,27,35H,5-6,13H2,1-4H3,(H2,33,38)(H,34,40)/t24-,27+/m1/s1. The molecule has 0 aliphatic carbocycles. The molecule has 234 valence electrons. The normalized spacial score (nSPS) is 15.4. The minimum absolute atomic E-state index is 0.00906. The van der Waals surface area contributed by atoms with E-state index in [2.05, 4.69) is 10.6 Å². The van der Waals surface area contributed by atoms with Crippen molar-refractivity contribution in [3.8, 4) is 5.75 Å². The van der Waals surface area contributed by atoms with Crippen LogP contribution in [0.15, 0.2) is 59.5 Å². The van der Waals surface area contributed by atoms with Crippen LogP contribution in [0.4, 0.5) is 25.0 Å². The van der Waals surface area contributed by atoms with Crippen molar-refractivity contribution in [2.75, 3.05) is 44.6 Å². The molecule has 1 aliphatic heterocycles. The molecular weight excluding hydrogens is 596 g/mol. The van der Waals surface area contributed by atoms with Crippen molar-refractivity contribution >= 4 is 39.1 Å². The Labute approximate surface area is 253 Å². The van der Waals surface area contributed by atoms with Gasteiger partial charge in [-0.25, -0.2) is 22.0 Å². The maximum atomic E-state index is 15.0. The largest absolute Gasteiger partial charge is 0.494 e. The van der Waals surface area contributed by atoms with E-state index in [4.69, 9.17) is 10.5 Å². The number of primary amides is 1. The Hall–Kier alpha value is -4.72. The summed E-state index contributed by atoms with van der Waals surface area (Å²) in [6, 6.07) is 9.01. The SMILES string of the molecule is COc1cc([C@H](Nc2cc(C(N)=O)ccc2F)C(=O)N2CCC[C@@H]2c2cc(NC(=O)N(C)C)ccc2S(C)(=O)=O)ccc1F. The quantitative estimate of drug-likeness (QED) is 0.323. The number of carbonyl (C=O) groups is 3. The van der Waals surface area contributed by atoms with Gasteiger partial charge < -0.3 is 30.9 Å². The Morgan fingerprint density at radius 1 is 1.05 bits per heavy atom. The number of ether oxygens (including phenoxy) is 1.